The van der Waals surface area contributed by atoms with E-state index in [2.05, 4.69) is 39.5 Å². The molecule has 0 aliphatic carbocycles. The topological polar surface area (TPSA) is 79.6 Å². The zero-order valence-corrected chi connectivity index (χ0v) is 22.3. The van der Waals surface area contributed by atoms with Crippen molar-refractivity contribution in [1.82, 2.24) is 15.0 Å². The van der Waals surface area contributed by atoms with Crippen molar-refractivity contribution in [2.45, 2.75) is 13.3 Å². The summed E-state index contributed by atoms with van der Waals surface area (Å²) in [6, 6.07) is 22.6. The van der Waals surface area contributed by atoms with Crippen molar-refractivity contribution in [3.8, 4) is 11.1 Å². The van der Waals surface area contributed by atoms with Crippen LogP contribution in [0.25, 0.3) is 22.4 Å². The standard InChI is InChI=1S/C34H30FN5/c1-4-9-32(25-12-8-13-29(35)15-25)33-18-30(40-23(33)3)16-26-14-27(20-38-34(26)36)28-17-31(21-37-19-28)39-22(2)24-10-6-5-7-11-24/h4-15,17-21,39-40H,1-2,16H2,3H3,(H2,36,38)/b32-9-. The van der Waals surface area contributed by atoms with Gasteiger partial charge >= 0.3 is 0 Å². The maximum Gasteiger partial charge on any atom is 0.126 e. The normalized spacial score (nSPS) is 11.3. The summed E-state index contributed by atoms with van der Waals surface area (Å²) in [7, 11) is 0. The molecule has 5 rings (SSSR count). The third-order valence-electron chi connectivity index (χ3n) is 6.65. The second-order valence-electron chi connectivity index (χ2n) is 9.54. The summed E-state index contributed by atoms with van der Waals surface area (Å²) in [5.41, 5.74) is 16.2. The third kappa shape index (κ3) is 5.92. The molecule has 0 amide bonds. The SMILES string of the molecule is C=C/C=C(/c1cccc(F)c1)c1cc(Cc2cc(-c3cncc(NC(=C)c4ccccc4)c3)cnc2N)[nH]c1C. The van der Waals surface area contributed by atoms with Crippen molar-refractivity contribution in [3.05, 3.63) is 156 Å². The van der Waals surface area contributed by atoms with Gasteiger partial charge in [-0.1, -0.05) is 67.8 Å². The monoisotopic (exact) mass is 527 g/mol. The van der Waals surface area contributed by atoms with Crippen LogP contribution < -0.4 is 11.1 Å². The molecule has 0 spiro atoms. The van der Waals surface area contributed by atoms with Crippen molar-refractivity contribution in [2.75, 3.05) is 11.1 Å². The largest absolute Gasteiger partial charge is 0.383 e. The molecular formula is C34H30FN5. The van der Waals surface area contributed by atoms with Crippen LogP contribution in [0.15, 0.2) is 117 Å². The van der Waals surface area contributed by atoms with Gasteiger partial charge in [0.15, 0.2) is 0 Å². The van der Waals surface area contributed by atoms with Crippen molar-refractivity contribution >= 4 is 22.8 Å². The molecule has 0 unspecified atom stereocenters. The highest BCUT2D eigenvalue weighted by Crippen LogP contribution is 2.30. The molecule has 198 valence electrons. The van der Waals surface area contributed by atoms with Gasteiger partial charge in [-0.25, -0.2) is 9.37 Å². The van der Waals surface area contributed by atoms with Crippen LogP contribution >= 0.6 is 0 Å². The van der Waals surface area contributed by atoms with E-state index in [-0.39, 0.29) is 5.82 Å². The average Bonchev–Trinajstić information content (AvgIpc) is 3.32. The van der Waals surface area contributed by atoms with Crippen LogP contribution in [0.5, 0.6) is 0 Å². The lowest BCUT2D eigenvalue weighted by molar-refractivity contribution is 0.627. The Hall–Kier alpha value is -5.23. The number of halogens is 1. The lowest BCUT2D eigenvalue weighted by atomic mass is 9.97. The third-order valence-corrected chi connectivity index (χ3v) is 6.65. The lowest BCUT2D eigenvalue weighted by Crippen LogP contribution is -2.01. The number of nitrogen functional groups attached to an aromatic ring is 1. The molecule has 0 saturated carbocycles. The van der Waals surface area contributed by atoms with Crippen LogP contribution in [0.4, 0.5) is 15.9 Å². The number of benzene rings is 2. The minimum absolute atomic E-state index is 0.283. The summed E-state index contributed by atoms with van der Waals surface area (Å²) in [6.45, 7) is 10.00. The number of allylic oxidation sites excluding steroid dienone is 2. The van der Waals surface area contributed by atoms with Gasteiger partial charge in [-0.3, -0.25) is 4.98 Å². The van der Waals surface area contributed by atoms with Crippen molar-refractivity contribution in [1.29, 1.82) is 0 Å². The predicted octanol–water partition coefficient (Wildman–Crippen LogP) is 7.79. The number of nitrogens with two attached hydrogens (primary N) is 1. The summed E-state index contributed by atoms with van der Waals surface area (Å²) in [4.78, 5) is 12.4. The van der Waals surface area contributed by atoms with E-state index >= 15 is 0 Å². The number of rotatable bonds is 9. The number of nitrogens with one attached hydrogen (secondary N) is 2. The first kappa shape index (κ1) is 26.4. The van der Waals surface area contributed by atoms with Crippen LogP contribution in [0.2, 0.25) is 0 Å². The smallest absolute Gasteiger partial charge is 0.126 e. The Labute approximate surface area is 233 Å². The number of pyridine rings is 2. The Kier molecular flexibility index (Phi) is 7.69. The summed E-state index contributed by atoms with van der Waals surface area (Å²) in [5, 5.41) is 3.34. The second-order valence-corrected chi connectivity index (χ2v) is 9.54. The number of aryl methyl sites for hydroxylation is 1. The van der Waals surface area contributed by atoms with Crippen LogP contribution in [-0.4, -0.2) is 15.0 Å². The summed E-state index contributed by atoms with van der Waals surface area (Å²) in [5.74, 6) is 0.180. The quantitative estimate of drug-likeness (QED) is 0.171. The van der Waals surface area contributed by atoms with E-state index in [1.807, 2.05) is 61.5 Å². The fraction of sp³-hybridized carbons (Fsp3) is 0.0588. The van der Waals surface area contributed by atoms with Gasteiger partial charge in [0.2, 0.25) is 0 Å². The summed E-state index contributed by atoms with van der Waals surface area (Å²) in [6.07, 6.45) is 9.48. The number of H-pyrrole nitrogens is 1. The summed E-state index contributed by atoms with van der Waals surface area (Å²) >= 11 is 0. The molecule has 4 N–H and O–H groups in total. The van der Waals surface area contributed by atoms with Crippen molar-refractivity contribution in [2.24, 2.45) is 0 Å². The van der Waals surface area contributed by atoms with Gasteiger partial charge in [0.25, 0.3) is 0 Å². The van der Waals surface area contributed by atoms with Gasteiger partial charge in [0.1, 0.15) is 11.6 Å². The number of hydrogen-bond donors (Lipinski definition) is 3. The number of nitrogens with zero attached hydrogens (tertiary/aromatic N) is 2. The Balaban J connectivity index is 1.40. The Bertz CT molecular complexity index is 1720. The molecule has 3 aromatic heterocycles. The van der Waals surface area contributed by atoms with E-state index < -0.39 is 0 Å². The maximum atomic E-state index is 14.0. The van der Waals surface area contributed by atoms with E-state index in [1.54, 1.807) is 30.7 Å². The number of anilines is 2. The van der Waals surface area contributed by atoms with Gasteiger partial charge < -0.3 is 16.0 Å². The minimum Gasteiger partial charge on any atom is -0.383 e. The first-order valence-corrected chi connectivity index (χ1v) is 12.9. The Morgan fingerprint density at radius 3 is 2.52 bits per heavy atom. The van der Waals surface area contributed by atoms with Crippen LogP contribution in [-0.2, 0) is 6.42 Å². The number of hydrogen-bond acceptors (Lipinski definition) is 4. The molecule has 0 bridgehead atoms. The lowest BCUT2D eigenvalue weighted by Gasteiger charge is -2.12. The molecule has 40 heavy (non-hydrogen) atoms. The highest BCUT2D eigenvalue weighted by Gasteiger charge is 2.14. The minimum atomic E-state index is -0.283. The molecule has 0 saturated heterocycles. The van der Waals surface area contributed by atoms with Gasteiger partial charge in [-0.2, -0.15) is 0 Å². The predicted molar refractivity (Wildman–Crippen MR) is 163 cm³/mol. The molecule has 5 aromatic rings. The molecular weight excluding hydrogens is 497 g/mol. The van der Waals surface area contributed by atoms with Crippen LogP contribution in [0.1, 0.15) is 33.6 Å². The number of aromatic amines is 1. The Morgan fingerprint density at radius 1 is 0.975 bits per heavy atom. The highest BCUT2D eigenvalue weighted by molar-refractivity contribution is 5.82. The molecule has 6 heteroatoms. The van der Waals surface area contributed by atoms with E-state index in [0.29, 0.717) is 12.2 Å². The molecule has 0 aliphatic heterocycles. The fourth-order valence-corrected chi connectivity index (χ4v) is 4.69. The van der Waals surface area contributed by atoms with Gasteiger partial charge in [-0.05, 0) is 54.0 Å². The second kappa shape index (κ2) is 11.7. The summed E-state index contributed by atoms with van der Waals surface area (Å²) < 4.78 is 14.0. The molecule has 0 atom stereocenters. The first-order valence-electron chi connectivity index (χ1n) is 12.9. The molecule has 0 aliphatic rings. The molecule has 5 nitrogen and oxygen atoms in total. The average molecular weight is 528 g/mol. The maximum absolute atomic E-state index is 14.0. The van der Waals surface area contributed by atoms with Gasteiger partial charge in [0.05, 0.1) is 11.9 Å². The van der Waals surface area contributed by atoms with Crippen LogP contribution in [0, 0.1) is 12.7 Å². The van der Waals surface area contributed by atoms with E-state index in [9.17, 15) is 4.39 Å². The zero-order valence-electron chi connectivity index (χ0n) is 22.3. The zero-order chi connectivity index (χ0) is 28.1. The van der Waals surface area contributed by atoms with Crippen LogP contribution in [0.3, 0.4) is 0 Å². The number of aromatic nitrogens is 3. The van der Waals surface area contributed by atoms with Gasteiger partial charge in [-0.15, -0.1) is 0 Å². The van der Waals surface area contributed by atoms with E-state index in [0.717, 1.165) is 61.7 Å². The molecule has 2 aromatic carbocycles. The van der Waals surface area contributed by atoms with Gasteiger partial charge in [0, 0.05) is 58.2 Å². The van der Waals surface area contributed by atoms with Crippen molar-refractivity contribution < 1.29 is 4.39 Å². The molecule has 0 fully saturated rings. The Morgan fingerprint density at radius 2 is 1.75 bits per heavy atom. The van der Waals surface area contributed by atoms with Crippen molar-refractivity contribution in [3.63, 3.8) is 0 Å². The highest BCUT2D eigenvalue weighted by atomic mass is 19.1. The first-order chi connectivity index (χ1) is 19.4. The van der Waals surface area contributed by atoms with E-state index in [1.165, 1.54) is 12.1 Å². The fourth-order valence-electron chi connectivity index (χ4n) is 4.69. The molecule has 3 heterocycles. The molecule has 0 radical (unpaired) electrons. The van der Waals surface area contributed by atoms with E-state index in [4.69, 9.17) is 5.73 Å².